The van der Waals surface area contributed by atoms with Crippen molar-refractivity contribution in [3.8, 4) is 0 Å². The van der Waals surface area contributed by atoms with Crippen molar-refractivity contribution in [2.45, 2.75) is 38.0 Å². The number of hydrogen-bond acceptors (Lipinski definition) is 4. The number of rotatable bonds is 4. The van der Waals surface area contributed by atoms with Gasteiger partial charge >= 0.3 is 5.97 Å². The van der Waals surface area contributed by atoms with Gasteiger partial charge in [-0.2, -0.15) is 0 Å². The second-order valence-corrected chi connectivity index (χ2v) is 5.35. The molecular formula is C12H21NO4. The number of carboxylic acid groups (broad SMARTS) is 1. The molecule has 0 spiro atoms. The van der Waals surface area contributed by atoms with E-state index in [0.29, 0.717) is 13.1 Å². The molecule has 0 radical (unpaired) electrons. The fraction of sp³-hybridized carbons (Fsp3) is 0.917. The lowest BCUT2D eigenvalue weighted by molar-refractivity contribution is -0.286. The lowest BCUT2D eigenvalue weighted by Crippen LogP contribution is -2.68. The molecule has 0 amide bonds. The third kappa shape index (κ3) is 1.86. The summed E-state index contributed by atoms with van der Waals surface area (Å²) in [7, 11) is 3.26. The van der Waals surface area contributed by atoms with Crippen LogP contribution >= 0.6 is 0 Å². The molecule has 98 valence electrons. The molecule has 1 N–H and O–H groups in total. The average molecular weight is 243 g/mol. The van der Waals surface area contributed by atoms with Crippen LogP contribution in [0.15, 0.2) is 0 Å². The largest absolute Gasteiger partial charge is 0.481 e. The van der Waals surface area contributed by atoms with Gasteiger partial charge in [-0.05, 0) is 19.8 Å². The Bertz CT molecular complexity index is 308. The zero-order valence-electron chi connectivity index (χ0n) is 10.7. The second-order valence-electron chi connectivity index (χ2n) is 5.35. The van der Waals surface area contributed by atoms with Gasteiger partial charge < -0.3 is 14.6 Å². The first-order valence-corrected chi connectivity index (χ1v) is 6.05. The number of aliphatic carboxylic acids is 1. The summed E-state index contributed by atoms with van der Waals surface area (Å²) in [5, 5.41) is 9.37. The number of carbonyl (C=O) groups is 1. The minimum Gasteiger partial charge on any atom is -0.481 e. The van der Waals surface area contributed by atoms with Gasteiger partial charge in [-0.15, -0.1) is 0 Å². The van der Waals surface area contributed by atoms with Crippen molar-refractivity contribution in [1.29, 1.82) is 0 Å². The van der Waals surface area contributed by atoms with E-state index in [-0.39, 0.29) is 6.04 Å². The molecule has 0 aromatic carbocycles. The van der Waals surface area contributed by atoms with E-state index in [1.54, 1.807) is 14.2 Å². The Morgan fingerprint density at radius 2 is 1.94 bits per heavy atom. The summed E-state index contributed by atoms with van der Waals surface area (Å²) in [6.45, 7) is 3.17. The van der Waals surface area contributed by atoms with Crippen LogP contribution in [0.3, 0.4) is 0 Å². The van der Waals surface area contributed by atoms with Crippen molar-refractivity contribution >= 4 is 5.97 Å². The highest BCUT2D eigenvalue weighted by molar-refractivity contribution is 5.75. The summed E-state index contributed by atoms with van der Waals surface area (Å²) in [6, 6.07) is 0.110. The Balaban J connectivity index is 2.04. The van der Waals surface area contributed by atoms with E-state index >= 15 is 0 Å². The summed E-state index contributed by atoms with van der Waals surface area (Å²) in [4.78, 5) is 13.6. The second kappa shape index (κ2) is 4.23. The van der Waals surface area contributed by atoms with Crippen LogP contribution in [-0.4, -0.2) is 55.1 Å². The van der Waals surface area contributed by atoms with Crippen LogP contribution in [0.1, 0.15) is 26.2 Å². The van der Waals surface area contributed by atoms with E-state index in [9.17, 15) is 9.90 Å². The molecule has 1 saturated carbocycles. The molecule has 17 heavy (non-hydrogen) atoms. The number of nitrogens with zero attached hydrogens (tertiary/aromatic N) is 1. The highest BCUT2D eigenvalue weighted by Crippen LogP contribution is 2.44. The fourth-order valence-corrected chi connectivity index (χ4v) is 3.12. The predicted octanol–water partition coefficient (Wildman–Crippen LogP) is 0.934. The van der Waals surface area contributed by atoms with Crippen LogP contribution in [0.4, 0.5) is 0 Å². The average Bonchev–Trinajstić information content (AvgIpc) is 2.62. The smallest absolute Gasteiger partial charge is 0.310 e. The highest BCUT2D eigenvalue weighted by atomic mass is 16.7. The highest BCUT2D eigenvalue weighted by Gasteiger charge is 2.55. The van der Waals surface area contributed by atoms with Crippen molar-refractivity contribution in [2.24, 2.45) is 5.41 Å². The predicted molar refractivity (Wildman–Crippen MR) is 61.7 cm³/mol. The first-order valence-electron chi connectivity index (χ1n) is 6.05. The fourth-order valence-electron chi connectivity index (χ4n) is 3.12. The molecule has 1 aliphatic heterocycles. The van der Waals surface area contributed by atoms with Crippen molar-refractivity contribution in [2.75, 3.05) is 27.3 Å². The van der Waals surface area contributed by atoms with E-state index in [4.69, 9.17) is 9.47 Å². The Morgan fingerprint density at radius 1 is 1.35 bits per heavy atom. The van der Waals surface area contributed by atoms with Gasteiger partial charge in [0.2, 0.25) is 0 Å². The van der Waals surface area contributed by atoms with E-state index in [0.717, 1.165) is 19.3 Å². The third-order valence-electron chi connectivity index (χ3n) is 4.47. The normalized spacial score (nSPS) is 36.8. The standard InChI is InChI=1S/C12H21NO4/c1-11(10(14)15)6-4-5-9(11)13-7-12(8-13,16-2)17-3/h9H,4-8H2,1-3H3,(H,14,15). The summed E-state index contributed by atoms with van der Waals surface area (Å²) < 4.78 is 10.7. The van der Waals surface area contributed by atoms with Crippen molar-refractivity contribution in [1.82, 2.24) is 4.90 Å². The maximum Gasteiger partial charge on any atom is 0.310 e. The van der Waals surface area contributed by atoms with Crippen LogP contribution in [0.5, 0.6) is 0 Å². The molecule has 1 aliphatic carbocycles. The van der Waals surface area contributed by atoms with Crippen molar-refractivity contribution < 1.29 is 19.4 Å². The summed E-state index contributed by atoms with van der Waals surface area (Å²) >= 11 is 0. The summed E-state index contributed by atoms with van der Waals surface area (Å²) in [6.07, 6.45) is 2.69. The maximum absolute atomic E-state index is 11.4. The van der Waals surface area contributed by atoms with Crippen molar-refractivity contribution in [3.05, 3.63) is 0 Å². The van der Waals surface area contributed by atoms with Crippen LogP contribution in [0, 0.1) is 5.41 Å². The van der Waals surface area contributed by atoms with Gasteiger partial charge in [0.25, 0.3) is 0 Å². The Hall–Kier alpha value is -0.650. The van der Waals surface area contributed by atoms with Gasteiger partial charge in [-0.1, -0.05) is 6.42 Å². The van der Waals surface area contributed by atoms with Gasteiger partial charge in [-0.25, -0.2) is 0 Å². The molecular weight excluding hydrogens is 222 g/mol. The molecule has 1 saturated heterocycles. The van der Waals surface area contributed by atoms with Crippen LogP contribution in [-0.2, 0) is 14.3 Å². The number of likely N-dealkylation sites (tertiary alicyclic amines) is 1. The molecule has 0 bridgehead atoms. The third-order valence-corrected chi connectivity index (χ3v) is 4.47. The molecule has 0 aromatic rings. The van der Waals surface area contributed by atoms with Gasteiger partial charge in [-0.3, -0.25) is 9.69 Å². The van der Waals surface area contributed by atoms with E-state index in [1.807, 2.05) is 6.92 Å². The molecule has 2 rings (SSSR count). The SMILES string of the molecule is COC1(OC)CN(C2CCCC2(C)C(=O)O)C1. The van der Waals surface area contributed by atoms with Gasteiger partial charge in [0.1, 0.15) is 0 Å². The van der Waals surface area contributed by atoms with Gasteiger partial charge in [0.05, 0.1) is 18.5 Å². The quantitative estimate of drug-likeness (QED) is 0.744. The van der Waals surface area contributed by atoms with Gasteiger partial charge in [0, 0.05) is 20.3 Å². The minimum absolute atomic E-state index is 0.110. The molecule has 1 heterocycles. The van der Waals surface area contributed by atoms with Crippen LogP contribution in [0.2, 0.25) is 0 Å². The molecule has 2 atom stereocenters. The minimum atomic E-state index is -0.688. The van der Waals surface area contributed by atoms with Crippen LogP contribution < -0.4 is 0 Å². The van der Waals surface area contributed by atoms with E-state index in [1.165, 1.54) is 0 Å². The maximum atomic E-state index is 11.4. The molecule has 0 aromatic heterocycles. The molecule has 2 aliphatic rings. The monoisotopic (exact) mass is 243 g/mol. The van der Waals surface area contributed by atoms with Crippen molar-refractivity contribution in [3.63, 3.8) is 0 Å². The van der Waals surface area contributed by atoms with Gasteiger partial charge in [0.15, 0.2) is 5.79 Å². The van der Waals surface area contributed by atoms with E-state index < -0.39 is 17.2 Å². The Morgan fingerprint density at radius 3 is 2.41 bits per heavy atom. The zero-order valence-corrected chi connectivity index (χ0v) is 10.7. The first kappa shape index (κ1) is 12.8. The molecule has 5 heteroatoms. The summed E-state index contributed by atoms with van der Waals surface area (Å²) in [5.74, 6) is -1.21. The first-order chi connectivity index (χ1) is 7.97. The molecule has 2 fully saturated rings. The Kier molecular flexibility index (Phi) is 3.18. The molecule has 2 unspecified atom stereocenters. The zero-order chi connectivity index (χ0) is 12.7. The Labute approximate surface area is 102 Å². The topological polar surface area (TPSA) is 59.0 Å². The number of methoxy groups -OCH3 is 2. The number of ether oxygens (including phenoxy) is 2. The summed E-state index contributed by atoms with van der Waals surface area (Å²) in [5.41, 5.74) is -0.617. The number of hydrogen-bond donors (Lipinski definition) is 1. The lowest BCUT2D eigenvalue weighted by Gasteiger charge is -2.52. The van der Waals surface area contributed by atoms with E-state index in [2.05, 4.69) is 4.90 Å². The lowest BCUT2D eigenvalue weighted by atomic mass is 9.82. The number of carboxylic acids is 1. The van der Waals surface area contributed by atoms with Crippen LogP contribution in [0.25, 0.3) is 0 Å². The molecule has 5 nitrogen and oxygen atoms in total.